The van der Waals surface area contributed by atoms with Gasteiger partial charge in [0, 0.05) is 0 Å². The smallest absolute Gasteiger partial charge is 0.324 e. The highest BCUT2D eigenvalue weighted by molar-refractivity contribution is 5.86. The van der Waals surface area contributed by atoms with Crippen LogP contribution in [-0.4, -0.2) is 38.2 Å². The van der Waals surface area contributed by atoms with Gasteiger partial charge in [0.25, 0.3) is 0 Å². The van der Waals surface area contributed by atoms with Crippen molar-refractivity contribution in [2.45, 2.75) is 12.1 Å². The number of hydrogen-bond donors (Lipinski definition) is 2. The molecule has 12 heavy (non-hydrogen) atoms. The van der Waals surface area contributed by atoms with Crippen LogP contribution < -0.4 is 11.5 Å². The lowest BCUT2D eigenvalue weighted by atomic mass is 10.1. The number of carbonyl (C=O) groups is 2. The van der Waals surface area contributed by atoms with Crippen molar-refractivity contribution in [2.24, 2.45) is 11.5 Å². The van der Waals surface area contributed by atoms with Crippen molar-refractivity contribution in [1.29, 1.82) is 0 Å². The van der Waals surface area contributed by atoms with E-state index in [4.69, 9.17) is 11.5 Å². The van der Waals surface area contributed by atoms with E-state index in [1.165, 1.54) is 0 Å². The summed E-state index contributed by atoms with van der Waals surface area (Å²) in [7, 11) is 2.32. The zero-order chi connectivity index (χ0) is 9.72. The molecular formula is C6H12N2O4. The fraction of sp³-hybridized carbons (Fsp3) is 0.667. The topological polar surface area (TPSA) is 105 Å². The molecule has 0 fully saturated rings. The summed E-state index contributed by atoms with van der Waals surface area (Å²) < 4.78 is 8.55. The molecular weight excluding hydrogens is 164 g/mol. The van der Waals surface area contributed by atoms with Gasteiger partial charge in [-0.05, 0) is 0 Å². The van der Waals surface area contributed by atoms with Crippen LogP contribution in [0.5, 0.6) is 0 Å². The lowest BCUT2D eigenvalue weighted by Gasteiger charge is -2.14. The quantitative estimate of drug-likeness (QED) is 0.481. The summed E-state index contributed by atoms with van der Waals surface area (Å²) in [5, 5.41) is 0. The average molecular weight is 176 g/mol. The van der Waals surface area contributed by atoms with Crippen molar-refractivity contribution in [3.05, 3.63) is 0 Å². The monoisotopic (exact) mass is 176 g/mol. The Hall–Kier alpha value is -1.14. The first-order valence-electron chi connectivity index (χ1n) is 3.21. The molecule has 4 N–H and O–H groups in total. The van der Waals surface area contributed by atoms with Crippen LogP contribution in [0.3, 0.4) is 0 Å². The Kier molecular flexibility index (Phi) is 4.24. The van der Waals surface area contributed by atoms with E-state index < -0.39 is 24.0 Å². The minimum absolute atomic E-state index is 0.743. The molecule has 0 heterocycles. The molecule has 0 rings (SSSR count). The second-order valence-corrected chi connectivity index (χ2v) is 2.10. The Balaban J connectivity index is 4.18. The number of rotatable bonds is 3. The molecule has 0 amide bonds. The SMILES string of the molecule is COC(=O)[C@@H](N)[C@H](N)C(=O)OC. The van der Waals surface area contributed by atoms with Gasteiger partial charge in [-0.2, -0.15) is 0 Å². The number of methoxy groups -OCH3 is 2. The van der Waals surface area contributed by atoms with E-state index in [1.807, 2.05) is 0 Å². The van der Waals surface area contributed by atoms with Crippen LogP contribution in [-0.2, 0) is 19.1 Å². The van der Waals surface area contributed by atoms with Gasteiger partial charge < -0.3 is 20.9 Å². The van der Waals surface area contributed by atoms with E-state index in [-0.39, 0.29) is 0 Å². The van der Waals surface area contributed by atoms with Crippen molar-refractivity contribution < 1.29 is 19.1 Å². The Morgan fingerprint density at radius 2 is 1.25 bits per heavy atom. The normalized spacial score (nSPS) is 14.7. The van der Waals surface area contributed by atoms with Gasteiger partial charge in [-0.3, -0.25) is 9.59 Å². The Morgan fingerprint density at radius 3 is 1.42 bits per heavy atom. The van der Waals surface area contributed by atoms with Crippen LogP contribution in [0.4, 0.5) is 0 Å². The van der Waals surface area contributed by atoms with Gasteiger partial charge in [0.05, 0.1) is 14.2 Å². The second-order valence-electron chi connectivity index (χ2n) is 2.10. The lowest BCUT2D eigenvalue weighted by molar-refractivity contribution is -0.150. The maximum atomic E-state index is 10.7. The molecule has 70 valence electrons. The third kappa shape index (κ3) is 2.48. The minimum Gasteiger partial charge on any atom is -0.468 e. The molecule has 0 aliphatic heterocycles. The summed E-state index contributed by atoms with van der Waals surface area (Å²) in [5.41, 5.74) is 10.5. The number of ether oxygens (including phenoxy) is 2. The van der Waals surface area contributed by atoms with Crippen LogP contribution in [0.2, 0.25) is 0 Å². The Morgan fingerprint density at radius 1 is 1.00 bits per heavy atom. The van der Waals surface area contributed by atoms with Crippen LogP contribution in [0, 0.1) is 0 Å². The maximum absolute atomic E-state index is 10.7. The zero-order valence-electron chi connectivity index (χ0n) is 6.94. The van der Waals surface area contributed by atoms with E-state index in [0.29, 0.717) is 0 Å². The summed E-state index contributed by atoms with van der Waals surface area (Å²) in [4.78, 5) is 21.5. The van der Waals surface area contributed by atoms with Gasteiger partial charge in [-0.15, -0.1) is 0 Å². The number of nitrogens with two attached hydrogens (primary N) is 2. The molecule has 6 nitrogen and oxygen atoms in total. The molecule has 2 atom stereocenters. The molecule has 6 heteroatoms. The fourth-order valence-electron chi connectivity index (χ4n) is 0.565. The van der Waals surface area contributed by atoms with Gasteiger partial charge >= 0.3 is 11.9 Å². The first kappa shape index (κ1) is 10.9. The summed E-state index contributed by atoms with van der Waals surface area (Å²) in [5.74, 6) is -1.49. The van der Waals surface area contributed by atoms with Crippen molar-refractivity contribution in [3.8, 4) is 0 Å². The molecule has 0 unspecified atom stereocenters. The highest BCUT2D eigenvalue weighted by atomic mass is 16.5. The van der Waals surface area contributed by atoms with Gasteiger partial charge in [0.2, 0.25) is 0 Å². The maximum Gasteiger partial charge on any atom is 0.324 e. The first-order valence-corrected chi connectivity index (χ1v) is 3.21. The third-order valence-corrected chi connectivity index (χ3v) is 1.33. The number of carbonyl (C=O) groups excluding carboxylic acids is 2. The van der Waals surface area contributed by atoms with E-state index in [2.05, 4.69) is 9.47 Å². The summed E-state index contributed by atoms with van der Waals surface area (Å²) in [6.45, 7) is 0. The average Bonchev–Trinajstić information content (AvgIpc) is 2.12. The lowest BCUT2D eigenvalue weighted by Crippen LogP contribution is -2.52. The largest absolute Gasteiger partial charge is 0.468 e. The second kappa shape index (κ2) is 4.68. The predicted molar refractivity (Wildman–Crippen MR) is 40.0 cm³/mol. The van der Waals surface area contributed by atoms with Crippen molar-refractivity contribution in [1.82, 2.24) is 0 Å². The van der Waals surface area contributed by atoms with E-state index in [9.17, 15) is 9.59 Å². The fourth-order valence-corrected chi connectivity index (χ4v) is 0.565. The predicted octanol–water partition coefficient (Wildman–Crippen LogP) is -2.01. The summed E-state index contributed by atoms with van der Waals surface area (Å²) in [6.07, 6.45) is 0. The molecule has 0 aliphatic rings. The molecule has 0 bridgehead atoms. The van der Waals surface area contributed by atoms with Crippen molar-refractivity contribution in [2.75, 3.05) is 14.2 Å². The zero-order valence-corrected chi connectivity index (χ0v) is 6.94. The van der Waals surface area contributed by atoms with E-state index in [1.54, 1.807) is 0 Å². The molecule has 0 saturated heterocycles. The summed E-state index contributed by atoms with van der Waals surface area (Å²) >= 11 is 0. The van der Waals surface area contributed by atoms with Crippen LogP contribution in [0.15, 0.2) is 0 Å². The minimum atomic E-state index is -1.18. The highest BCUT2D eigenvalue weighted by Crippen LogP contribution is 1.92. The van der Waals surface area contributed by atoms with Crippen LogP contribution in [0.1, 0.15) is 0 Å². The van der Waals surface area contributed by atoms with Crippen LogP contribution in [0.25, 0.3) is 0 Å². The molecule has 0 saturated carbocycles. The molecule has 0 aromatic carbocycles. The standard InChI is InChI=1S/C6H12N2O4/c1-11-5(9)3(7)4(8)6(10)12-2/h3-4H,7-8H2,1-2H3/t3-,4-/m0/s1. The third-order valence-electron chi connectivity index (χ3n) is 1.33. The molecule has 0 spiro atoms. The van der Waals surface area contributed by atoms with Gasteiger partial charge in [0.15, 0.2) is 0 Å². The Bertz CT molecular complexity index is 162. The summed E-state index contributed by atoms with van der Waals surface area (Å²) in [6, 6.07) is -2.36. The van der Waals surface area contributed by atoms with Gasteiger partial charge in [-0.25, -0.2) is 0 Å². The molecule has 0 aromatic heterocycles. The number of esters is 2. The highest BCUT2D eigenvalue weighted by Gasteiger charge is 2.28. The van der Waals surface area contributed by atoms with E-state index >= 15 is 0 Å². The van der Waals surface area contributed by atoms with Gasteiger partial charge in [-0.1, -0.05) is 0 Å². The molecule has 0 aliphatic carbocycles. The Labute approximate surface area is 69.8 Å². The molecule has 0 radical (unpaired) electrons. The first-order chi connectivity index (χ1) is 5.54. The van der Waals surface area contributed by atoms with Crippen molar-refractivity contribution in [3.63, 3.8) is 0 Å². The molecule has 0 aromatic rings. The van der Waals surface area contributed by atoms with Crippen LogP contribution >= 0.6 is 0 Å². The van der Waals surface area contributed by atoms with E-state index in [0.717, 1.165) is 14.2 Å². The number of hydrogen-bond acceptors (Lipinski definition) is 6. The van der Waals surface area contributed by atoms with Gasteiger partial charge in [0.1, 0.15) is 12.1 Å². The van der Waals surface area contributed by atoms with Crippen molar-refractivity contribution >= 4 is 11.9 Å².